The van der Waals surface area contributed by atoms with Crippen molar-refractivity contribution in [3.63, 3.8) is 0 Å². The highest BCUT2D eigenvalue weighted by Gasteiger charge is 2.10. The molecule has 0 aliphatic carbocycles. The Kier molecular flexibility index (Phi) is 3.30. The Morgan fingerprint density at radius 3 is 2.76 bits per heavy atom. The van der Waals surface area contributed by atoms with Crippen molar-refractivity contribution in [3.05, 3.63) is 54.1 Å². The van der Waals surface area contributed by atoms with Crippen LogP contribution in [0.4, 0.5) is 0 Å². The number of hydrogen-bond donors (Lipinski definition) is 1. The Balaban J connectivity index is 2.12. The molecule has 0 unspecified atom stereocenters. The van der Waals surface area contributed by atoms with E-state index in [9.17, 15) is 4.79 Å². The van der Waals surface area contributed by atoms with Gasteiger partial charge in [-0.2, -0.15) is 0 Å². The van der Waals surface area contributed by atoms with E-state index in [-0.39, 0.29) is 17.9 Å². The fourth-order valence-corrected chi connectivity index (χ4v) is 1.32. The molecule has 0 atom stereocenters. The van der Waals surface area contributed by atoms with Crippen molar-refractivity contribution in [1.82, 2.24) is 9.97 Å². The summed E-state index contributed by atoms with van der Waals surface area (Å²) in [4.78, 5) is 18.7. The van der Waals surface area contributed by atoms with Gasteiger partial charge in [0.15, 0.2) is 5.75 Å². The first-order valence-electron chi connectivity index (χ1n) is 4.96. The summed E-state index contributed by atoms with van der Waals surface area (Å²) in [6.07, 6.45) is 6.13. The molecule has 2 heterocycles. The number of aromatic nitrogens is 2. The van der Waals surface area contributed by atoms with Crippen molar-refractivity contribution < 1.29 is 14.6 Å². The van der Waals surface area contributed by atoms with Gasteiger partial charge in [-0.1, -0.05) is 6.07 Å². The van der Waals surface area contributed by atoms with Crippen molar-refractivity contribution >= 4 is 5.97 Å². The van der Waals surface area contributed by atoms with Gasteiger partial charge < -0.3 is 9.84 Å². The SMILES string of the molecule is O=C(O)c1ccncc1OCc1cccnc1. The molecule has 0 spiro atoms. The van der Waals surface area contributed by atoms with Crippen LogP contribution in [0.5, 0.6) is 5.75 Å². The van der Waals surface area contributed by atoms with E-state index in [2.05, 4.69) is 9.97 Å². The monoisotopic (exact) mass is 230 g/mol. The minimum atomic E-state index is -1.03. The summed E-state index contributed by atoms with van der Waals surface area (Å²) in [5.74, 6) is -0.780. The van der Waals surface area contributed by atoms with Crippen LogP contribution in [-0.2, 0) is 6.61 Å². The number of carboxylic acids is 1. The molecule has 1 N–H and O–H groups in total. The maximum Gasteiger partial charge on any atom is 0.339 e. The number of aromatic carboxylic acids is 1. The number of rotatable bonds is 4. The molecule has 2 aromatic heterocycles. The third-order valence-electron chi connectivity index (χ3n) is 2.13. The van der Waals surface area contributed by atoms with E-state index < -0.39 is 5.97 Å². The molecule has 0 saturated heterocycles. The molecule has 0 radical (unpaired) electrons. The van der Waals surface area contributed by atoms with E-state index in [0.29, 0.717) is 0 Å². The molecular weight excluding hydrogens is 220 g/mol. The molecule has 0 fully saturated rings. The van der Waals surface area contributed by atoms with Crippen LogP contribution in [0.25, 0.3) is 0 Å². The first-order chi connectivity index (χ1) is 8.27. The van der Waals surface area contributed by atoms with Crippen LogP contribution in [0.15, 0.2) is 43.0 Å². The lowest BCUT2D eigenvalue weighted by molar-refractivity contribution is 0.0691. The zero-order chi connectivity index (χ0) is 12.1. The lowest BCUT2D eigenvalue weighted by atomic mass is 10.2. The molecule has 0 amide bonds. The molecule has 2 aromatic rings. The minimum Gasteiger partial charge on any atom is -0.486 e. The highest BCUT2D eigenvalue weighted by Crippen LogP contribution is 2.17. The van der Waals surface area contributed by atoms with Gasteiger partial charge in [0, 0.05) is 24.2 Å². The Morgan fingerprint density at radius 1 is 1.24 bits per heavy atom. The van der Waals surface area contributed by atoms with Crippen molar-refractivity contribution in [2.75, 3.05) is 0 Å². The Bertz CT molecular complexity index is 514. The van der Waals surface area contributed by atoms with Crippen molar-refractivity contribution in [2.24, 2.45) is 0 Å². The molecule has 5 nitrogen and oxygen atoms in total. The number of nitrogens with zero attached hydrogens (tertiary/aromatic N) is 2. The van der Waals surface area contributed by atoms with Crippen LogP contribution in [0.2, 0.25) is 0 Å². The van der Waals surface area contributed by atoms with Crippen LogP contribution in [0.3, 0.4) is 0 Å². The summed E-state index contributed by atoms with van der Waals surface area (Å²) in [5, 5.41) is 8.94. The number of carboxylic acid groups (broad SMARTS) is 1. The van der Waals surface area contributed by atoms with Gasteiger partial charge in [-0.05, 0) is 12.1 Å². The van der Waals surface area contributed by atoms with E-state index in [1.165, 1.54) is 18.5 Å². The second-order valence-electron chi connectivity index (χ2n) is 3.33. The third kappa shape index (κ3) is 2.78. The molecule has 2 rings (SSSR count). The zero-order valence-corrected chi connectivity index (χ0v) is 8.91. The predicted molar refractivity (Wildman–Crippen MR) is 59.8 cm³/mol. The molecule has 17 heavy (non-hydrogen) atoms. The average molecular weight is 230 g/mol. The summed E-state index contributed by atoms with van der Waals surface area (Å²) in [6.45, 7) is 0.264. The van der Waals surface area contributed by atoms with Crippen molar-refractivity contribution in [2.45, 2.75) is 6.61 Å². The number of pyridine rings is 2. The van der Waals surface area contributed by atoms with Crippen LogP contribution in [0.1, 0.15) is 15.9 Å². The predicted octanol–water partition coefficient (Wildman–Crippen LogP) is 1.75. The molecule has 0 saturated carbocycles. The second-order valence-corrected chi connectivity index (χ2v) is 3.33. The maximum absolute atomic E-state index is 10.9. The van der Waals surface area contributed by atoms with Gasteiger partial charge in [-0.15, -0.1) is 0 Å². The van der Waals surface area contributed by atoms with E-state index in [0.717, 1.165) is 5.56 Å². The van der Waals surface area contributed by atoms with Crippen molar-refractivity contribution in [3.8, 4) is 5.75 Å². The van der Waals surface area contributed by atoms with E-state index >= 15 is 0 Å². The van der Waals surface area contributed by atoms with Gasteiger partial charge in [0.1, 0.15) is 12.2 Å². The molecule has 0 aromatic carbocycles. The van der Waals surface area contributed by atoms with Gasteiger partial charge in [0.25, 0.3) is 0 Å². The van der Waals surface area contributed by atoms with Gasteiger partial charge in [0.2, 0.25) is 0 Å². The largest absolute Gasteiger partial charge is 0.486 e. The number of ether oxygens (including phenoxy) is 1. The average Bonchev–Trinajstić information content (AvgIpc) is 2.38. The lowest BCUT2D eigenvalue weighted by Crippen LogP contribution is -2.03. The summed E-state index contributed by atoms with van der Waals surface area (Å²) in [5.41, 5.74) is 0.969. The quantitative estimate of drug-likeness (QED) is 0.866. The van der Waals surface area contributed by atoms with Crippen LogP contribution in [0, 0.1) is 0 Å². The Labute approximate surface area is 97.7 Å². The van der Waals surface area contributed by atoms with Crippen LogP contribution in [-0.4, -0.2) is 21.0 Å². The van der Waals surface area contributed by atoms with Gasteiger partial charge in [0.05, 0.1) is 6.20 Å². The van der Waals surface area contributed by atoms with E-state index in [1.807, 2.05) is 6.07 Å². The van der Waals surface area contributed by atoms with E-state index in [4.69, 9.17) is 9.84 Å². The first-order valence-corrected chi connectivity index (χ1v) is 4.96. The molecule has 0 aliphatic heterocycles. The highest BCUT2D eigenvalue weighted by atomic mass is 16.5. The van der Waals surface area contributed by atoms with Gasteiger partial charge >= 0.3 is 5.97 Å². The standard InChI is InChI=1S/C12H10N2O3/c15-12(16)10-3-5-14-7-11(10)17-8-9-2-1-4-13-6-9/h1-7H,8H2,(H,15,16). The highest BCUT2D eigenvalue weighted by molar-refractivity contribution is 5.90. The summed E-state index contributed by atoms with van der Waals surface area (Å²) < 4.78 is 5.40. The maximum atomic E-state index is 10.9. The summed E-state index contributed by atoms with van der Waals surface area (Å²) >= 11 is 0. The van der Waals surface area contributed by atoms with Crippen molar-refractivity contribution in [1.29, 1.82) is 0 Å². The normalized spacial score (nSPS) is 9.88. The van der Waals surface area contributed by atoms with E-state index in [1.54, 1.807) is 18.5 Å². The van der Waals surface area contributed by atoms with Crippen LogP contribution < -0.4 is 4.74 Å². The van der Waals surface area contributed by atoms with Crippen LogP contribution >= 0.6 is 0 Å². The third-order valence-corrected chi connectivity index (χ3v) is 2.13. The molecule has 5 heteroatoms. The Hall–Kier alpha value is -2.43. The number of carbonyl (C=O) groups is 1. The topological polar surface area (TPSA) is 72.3 Å². The fraction of sp³-hybridized carbons (Fsp3) is 0.0833. The molecule has 0 aliphatic rings. The molecule has 0 bridgehead atoms. The zero-order valence-electron chi connectivity index (χ0n) is 8.91. The first kappa shape index (κ1) is 11.1. The summed E-state index contributed by atoms with van der Waals surface area (Å²) in [6, 6.07) is 5.05. The second kappa shape index (κ2) is 5.07. The fourth-order valence-electron chi connectivity index (χ4n) is 1.32. The number of hydrogen-bond acceptors (Lipinski definition) is 4. The molecular formula is C12H10N2O3. The van der Waals surface area contributed by atoms with Gasteiger partial charge in [-0.3, -0.25) is 9.97 Å². The summed E-state index contributed by atoms with van der Waals surface area (Å²) in [7, 11) is 0. The minimum absolute atomic E-state index is 0.101. The lowest BCUT2D eigenvalue weighted by Gasteiger charge is -2.07. The smallest absolute Gasteiger partial charge is 0.339 e. The van der Waals surface area contributed by atoms with Gasteiger partial charge in [-0.25, -0.2) is 4.79 Å². The Morgan fingerprint density at radius 2 is 2.06 bits per heavy atom. The molecule has 86 valence electrons.